The number of ether oxygens (including phenoxy) is 2. The van der Waals surface area contributed by atoms with Crippen molar-refractivity contribution in [3.63, 3.8) is 0 Å². The molecule has 1 aliphatic carbocycles. The number of nitrogens with zero attached hydrogens (tertiary/aromatic N) is 2. The second-order valence-corrected chi connectivity index (χ2v) is 8.99. The van der Waals surface area contributed by atoms with Crippen molar-refractivity contribution in [2.45, 2.75) is 19.2 Å². The van der Waals surface area contributed by atoms with E-state index >= 15 is 0 Å². The van der Waals surface area contributed by atoms with E-state index in [2.05, 4.69) is 58.3 Å². The summed E-state index contributed by atoms with van der Waals surface area (Å²) in [5.74, 6) is 0.955. The molecular weight excluding hydrogens is 408 g/mol. The minimum atomic E-state index is 0.315. The molecule has 1 saturated heterocycles. The van der Waals surface area contributed by atoms with Gasteiger partial charge in [0.1, 0.15) is 5.75 Å². The highest BCUT2D eigenvalue weighted by atomic mass is 35.5. The van der Waals surface area contributed by atoms with Crippen LogP contribution in [0, 0.1) is 0 Å². The van der Waals surface area contributed by atoms with E-state index in [-0.39, 0.29) is 0 Å². The standard InChI is InChI=1S/C26H25ClN2O2/c27-20-13-18(26-19(14-20)16-30-17-31-26)15-28-9-11-29(12-10-28)25-23-7-3-1-5-21(23)22-6-2-4-8-24(22)25/h1-8,13-14,25H,9-12,15-17H2. The Labute approximate surface area is 187 Å². The molecule has 0 N–H and O–H groups in total. The summed E-state index contributed by atoms with van der Waals surface area (Å²) in [6, 6.07) is 22.1. The zero-order chi connectivity index (χ0) is 20.8. The Bertz CT molecular complexity index is 1080. The van der Waals surface area contributed by atoms with Crippen molar-refractivity contribution in [3.8, 4) is 16.9 Å². The quantitative estimate of drug-likeness (QED) is 0.575. The first-order valence-electron chi connectivity index (χ1n) is 10.9. The van der Waals surface area contributed by atoms with Crippen molar-refractivity contribution in [2.24, 2.45) is 0 Å². The van der Waals surface area contributed by atoms with E-state index in [0.29, 0.717) is 19.4 Å². The predicted octanol–water partition coefficient (Wildman–Crippen LogP) is 5.09. The first-order valence-corrected chi connectivity index (χ1v) is 11.3. The molecule has 2 heterocycles. The van der Waals surface area contributed by atoms with Crippen molar-refractivity contribution in [1.29, 1.82) is 0 Å². The molecule has 3 aromatic carbocycles. The summed E-state index contributed by atoms with van der Waals surface area (Å²) in [5.41, 5.74) is 7.86. The Morgan fingerprint density at radius 1 is 0.871 bits per heavy atom. The monoisotopic (exact) mass is 432 g/mol. The lowest BCUT2D eigenvalue weighted by Gasteiger charge is -2.39. The van der Waals surface area contributed by atoms with Gasteiger partial charge in [-0.2, -0.15) is 0 Å². The average Bonchev–Trinajstić information content (AvgIpc) is 3.14. The zero-order valence-electron chi connectivity index (χ0n) is 17.4. The van der Waals surface area contributed by atoms with Crippen LogP contribution in [0.3, 0.4) is 0 Å². The van der Waals surface area contributed by atoms with Crippen molar-refractivity contribution >= 4 is 11.6 Å². The van der Waals surface area contributed by atoms with Crippen LogP contribution in [0.15, 0.2) is 60.7 Å². The van der Waals surface area contributed by atoms with Gasteiger partial charge in [0.2, 0.25) is 0 Å². The molecule has 3 aliphatic rings. The topological polar surface area (TPSA) is 24.9 Å². The summed E-state index contributed by atoms with van der Waals surface area (Å²) >= 11 is 6.37. The Hall–Kier alpha value is -2.37. The first-order chi connectivity index (χ1) is 15.3. The predicted molar refractivity (Wildman–Crippen MR) is 122 cm³/mol. The molecule has 0 saturated carbocycles. The minimum Gasteiger partial charge on any atom is -0.467 e. The van der Waals surface area contributed by atoms with Gasteiger partial charge in [0.25, 0.3) is 0 Å². The van der Waals surface area contributed by atoms with Crippen LogP contribution in [-0.4, -0.2) is 42.8 Å². The second-order valence-electron chi connectivity index (χ2n) is 8.55. The highest BCUT2D eigenvalue weighted by Gasteiger charge is 2.34. The van der Waals surface area contributed by atoms with Crippen LogP contribution >= 0.6 is 11.6 Å². The summed E-state index contributed by atoms with van der Waals surface area (Å²) in [6.07, 6.45) is 0. The van der Waals surface area contributed by atoms with Gasteiger partial charge in [-0.3, -0.25) is 9.80 Å². The Morgan fingerprint density at radius 3 is 2.26 bits per heavy atom. The fraction of sp³-hybridized carbons (Fsp3) is 0.308. The molecule has 0 bridgehead atoms. The Kier molecular flexibility index (Phi) is 4.96. The van der Waals surface area contributed by atoms with Gasteiger partial charge < -0.3 is 9.47 Å². The minimum absolute atomic E-state index is 0.315. The van der Waals surface area contributed by atoms with Gasteiger partial charge in [-0.05, 0) is 34.4 Å². The zero-order valence-corrected chi connectivity index (χ0v) is 18.1. The smallest absolute Gasteiger partial charge is 0.189 e. The van der Waals surface area contributed by atoms with E-state index in [4.69, 9.17) is 21.1 Å². The number of piperazine rings is 1. The summed E-state index contributed by atoms with van der Waals surface area (Å²) in [6.45, 7) is 5.87. The van der Waals surface area contributed by atoms with Crippen molar-refractivity contribution < 1.29 is 9.47 Å². The summed E-state index contributed by atoms with van der Waals surface area (Å²) in [5, 5.41) is 0.751. The molecule has 4 nitrogen and oxygen atoms in total. The molecule has 5 heteroatoms. The first kappa shape index (κ1) is 19.3. The fourth-order valence-electron chi connectivity index (χ4n) is 5.32. The number of hydrogen-bond donors (Lipinski definition) is 0. The molecule has 31 heavy (non-hydrogen) atoms. The van der Waals surface area contributed by atoms with E-state index in [1.54, 1.807) is 0 Å². The van der Waals surface area contributed by atoms with Crippen LogP contribution in [-0.2, 0) is 17.9 Å². The van der Waals surface area contributed by atoms with Crippen LogP contribution in [0.25, 0.3) is 11.1 Å². The van der Waals surface area contributed by atoms with Crippen molar-refractivity contribution in [1.82, 2.24) is 9.80 Å². The summed E-state index contributed by atoms with van der Waals surface area (Å²) < 4.78 is 11.2. The van der Waals surface area contributed by atoms with Gasteiger partial charge in [0, 0.05) is 48.9 Å². The molecular formula is C26H25ClN2O2. The molecule has 0 atom stereocenters. The maximum Gasteiger partial charge on any atom is 0.189 e. The highest BCUT2D eigenvalue weighted by molar-refractivity contribution is 6.30. The number of benzene rings is 3. The molecule has 1 fully saturated rings. The van der Waals surface area contributed by atoms with Gasteiger partial charge in [-0.15, -0.1) is 0 Å². The van der Waals surface area contributed by atoms with Crippen molar-refractivity contribution in [3.05, 3.63) is 87.9 Å². The Morgan fingerprint density at radius 2 is 1.55 bits per heavy atom. The van der Waals surface area contributed by atoms with Gasteiger partial charge >= 0.3 is 0 Å². The normalized spacial score (nSPS) is 18.9. The lowest BCUT2D eigenvalue weighted by atomic mass is 10.0. The third-order valence-corrected chi connectivity index (χ3v) is 6.94. The number of fused-ring (bicyclic) bond motifs is 4. The Balaban J connectivity index is 1.20. The van der Waals surface area contributed by atoms with E-state index in [9.17, 15) is 0 Å². The lowest BCUT2D eigenvalue weighted by molar-refractivity contribution is -0.0176. The van der Waals surface area contributed by atoms with Crippen LogP contribution in [0.4, 0.5) is 0 Å². The molecule has 158 valence electrons. The second kappa shape index (κ2) is 7.95. The van der Waals surface area contributed by atoms with Gasteiger partial charge in [0.05, 0.1) is 12.6 Å². The highest BCUT2D eigenvalue weighted by Crippen LogP contribution is 2.46. The maximum absolute atomic E-state index is 6.37. The van der Waals surface area contributed by atoms with E-state index < -0.39 is 0 Å². The maximum atomic E-state index is 6.37. The van der Waals surface area contributed by atoms with E-state index in [0.717, 1.165) is 54.6 Å². The van der Waals surface area contributed by atoms with Crippen LogP contribution < -0.4 is 4.74 Å². The molecule has 6 rings (SSSR count). The number of hydrogen-bond acceptors (Lipinski definition) is 4. The third kappa shape index (κ3) is 3.44. The largest absolute Gasteiger partial charge is 0.467 e. The SMILES string of the molecule is Clc1cc2c(c(CN3CCN(C4c5ccccc5-c5ccccc54)CC3)c1)OCOC2. The molecule has 0 amide bonds. The molecule has 2 aliphatic heterocycles. The van der Waals surface area contributed by atoms with E-state index in [1.807, 2.05) is 12.1 Å². The van der Waals surface area contributed by atoms with Gasteiger partial charge in [0.15, 0.2) is 6.79 Å². The van der Waals surface area contributed by atoms with Crippen molar-refractivity contribution in [2.75, 3.05) is 33.0 Å². The average molecular weight is 433 g/mol. The molecule has 0 radical (unpaired) electrons. The van der Waals surface area contributed by atoms with Gasteiger partial charge in [-0.1, -0.05) is 60.1 Å². The van der Waals surface area contributed by atoms with E-state index in [1.165, 1.54) is 22.3 Å². The van der Waals surface area contributed by atoms with Crippen LogP contribution in [0.5, 0.6) is 5.75 Å². The molecule has 3 aromatic rings. The summed E-state index contributed by atoms with van der Waals surface area (Å²) in [4.78, 5) is 5.15. The molecule has 0 spiro atoms. The molecule has 0 aromatic heterocycles. The van der Waals surface area contributed by atoms with Crippen LogP contribution in [0.2, 0.25) is 5.02 Å². The lowest BCUT2D eigenvalue weighted by Crippen LogP contribution is -2.47. The summed E-state index contributed by atoms with van der Waals surface area (Å²) in [7, 11) is 0. The van der Waals surface area contributed by atoms with Gasteiger partial charge in [-0.25, -0.2) is 0 Å². The third-order valence-electron chi connectivity index (χ3n) is 6.72. The number of rotatable bonds is 3. The van der Waals surface area contributed by atoms with Crippen LogP contribution in [0.1, 0.15) is 28.3 Å². The number of halogens is 1. The fourth-order valence-corrected chi connectivity index (χ4v) is 5.58. The molecule has 0 unspecified atom stereocenters.